The molecule has 2 atom stereocenters. The Bertz CT molecular complexity index is 573. The molecule has 5 heteroatoms. The Morgan fingerprint density at radius 3 is 2.14 bits per heavy atom. The summed E-state index contributed by atoms with van der Waals surface area (Å²) in [6.45, 7) is 7.90. The van der Waals surface area contributed by atoms with Crippen molar-refractivity contribution in [2.75, 3.05) is 6.26 Å². The van der Waals surface area contributed by atoms with E-state index in [1.54, 1.807) is 0 Å². The molecular weight excluding hydrogens is 286 g/mol. The van der Waals surface area contributed by atoms with E-state index in [1.807, 2.05) is 58.0 Å². The molecule has 0 spiro atoms. The fourth-order valence-corrected chi connectivity index (χ4v) is 2.74. The van der Waals surface area contributed by atoms with Crippen molar-refractivity contribution in [1.29, 1.82) is 0 Å². The highest BCUT2D eigenvalue weighted by molar-refractivity contribution is 7.92. The maximum atomic E-state index is 12.4. The van der Waals surface area contributed by atoms with Gasteiger partial charge in [-0.2, -0.15) is 0 Å². The molecule has 0 fully saturated rings. The lowest BCUT2D eigenvalue weighted by molar-refractivity contribution is -0.122. The SMILES string of the molecule is CC(NC(=O)C(Cc1ccccc1)S(C)(=O)=O)C(C)(C)C. The predicted octanol–water partition coefficient (Wildman–Crippen LogP) is 2.19. The van der Waals surface area contributed by atoms with Crippen LogP contribution in [0.5, 0.6) is 0 Å². The van der Waals surface area contributed by atoms with Crippen LogP contribution in [0.1, 0.15) is 33.3 Å². The van der Waals surface area contributed by atoms with Crippen LogP contribution in [0.2, 0.25) is 0 Å². The van der Waals surface area contributed by atoms with E-state index in [2.05, 4.69) is 5.32 Å². The summed E-state index contributed by atoms with van der Waals surface area (Å²) >= 11 is 0. The maximum absolute atomic E-state index is 12.4. The molecule has 0 aromatic heterocycles. The van der Waals surface area contributed by atoms with Crippen molar-refractivity contribution in [1.82, 2.24) is 5.32 Å². The Balaban J connectivity index is 2.92. The van der Waals surface area contributed by atoms with Gasteiger partial charge in [0.15, 0.2) is 9.84 Å². The average molecular weight is 311 g/mol. The second-order valence-electron chi connectivity index (χ2n) is 6.60. The first-order valence-corrected chi connectivity index (χ1v) is 9.00. The Hall–Kier alpha value is -1.36. The van der Waals surface area contributed by atoms with Crippen molar-refractivity contribution in [3.63, 3.8) is 0 Å². The van der Waals surface area contributed by atoms with Gasteiger partial charge in [-0.25, -0.2) is 8.42 Å². The second-order valence-corrected chi connectivity index (χ2v) is 8.83. The first-order chi connectivity index (χ1) is 9.51. The van der Waals surface area contributed by atoms with Gasteiger partial charge < -0.3 is 5.32 Å². The van der Waals surface area contributed by atoms with E-state index < -0.39 is 21.0 Å². The minimum atomic E-state index is -3.47. The van der Waals surface area contributed by atoms with Crippen molar-refractivity contribution >= 4 is 15.7 Å². The van der Waals surface area contributed by atoms with Crippen molar-refractivity contribution in [3.05, 3.63) is 35.9 Å². The molecule has 0 heterocycles. The predicted molar refractivity (Wildman–Crippen MR) is 85.8 cm³/mol. The Morgan fingerprint density at radius 2 is 1.71 bits per heavy atom. The van der Waals surface area contributed by atoms with Gasteiger partial charge in [0.05, 0.1) is 0 Å². The number of benzene rings is 1. The topological polar surface area (TPSA) is 63.2 Å². The summed E-state index contributed by atoms with van der Waals surface area (Å²) in [6, 6.07) is 9.09. The fraction of sp³-hybridized carbons (Fsp3) is 0.562. The van der Waals surface area contributed by atoms with Crippen LogP contribution in [0.3, 0.4) is 0 Å². The Labute approximate surface area is 127 Å². The van der Waals surface area contributed by atoms with Crippen molar-refractivity contribution in [2.24, 2.45) is 5.41 Å². The quantitative estimate of drug-likeness (QED) is 0.906. The first-order valence-electron chi connectivity index (χ1n) is 7.05. The summed E-state index contributed by atoms with van der Waals surface area (Å²) in [5.74, 6) is -0.427. The summed E-state index contributed by atoms with van der Waals surface area (Å²) in [4.78, 5) is 12.4. The van der Waals surface area contributed by atoms with Gasteiger partial charge in [0.2, 0.25) is 5.91 Å². The molecule has 0 bridgehead atoms. The van der Waals surface area contributed by atoms with Gasteiger partial charge in [0, 0.05) is 12.3 Å². The summed E-state index contributed by atoms with van der Waals surface area (Å²) in [6.07, 6.45) is 1.31. The van der Waals surface area contributed by atoms with Crippen LogP contribution in [0.25, 0.3) is 0 Å². The molecule has 1 N–H and O–H groups in total. The zero-order chi connectivity index (χ0) is 16.3. The molecular formula is C16H25NO3S. The molecule has 0 saturated heterocycles. The van der Waals surface area contributed by atoms with E-state index in [4.69, 9.17) is 0 Å². The third-order valence-corrected chi connectivity index (χ3v) is 5.15. The molecule has 0 radical (unpaired) electrons. The lowest BCUT2D eigenvalue weighted by Crippen LogP contribution is -2.48. The first kappa shape index (κ1) is 17.7. The maximum Gasteiger partial charge on any atom is 0.238 e. The molecule has 0 saturated carbocycles. The average Bonchev–Trinajstić information content (AvgIpc) is 2.34. The van der Waals surface area contributed by atoms with Crippen molar-refractivity contribution < 1.29 is 13.2 Å². The molecule has 1 aromatic rings. The van der Waals surface area contributed by atoms with E-state index in [1.165, 1.54) is 0 Å². The third-order valence-electron chi connectivity index (χ3n) is 3.73. The number of nitrogens with one attached hydrogen (secondary N) is 1. The molecule has 4 nitrogen and oxygen atoms in total. The van der Waals surface area contributed by atoms with Crippen molar-refractivity contribution in [3.8, 4) is 0 Å². The van der Waals surface area contributed by atoms with Gasteiger partial charge in [-0.3, -0.25) is 4.79 Å². The van der Waals surface area contributed by atoms with Crippen LogP contribution >= 0.6 is 0 Å². The summed E-state index contributed by atoms with van der Waals surface area (Å²) in [5, 5.41) is 1.78. The van der Waals surface area contributed by atoms with Crippen LogP contribution in [0, 0.1) is 5.41 Å². The van der Waals surface area contributed by atoms with Gasteiger partial charge in [-0.05, 0) is 24.3 Å². The van der Waals surface area contributed by atoms with Crippen LogP contribution in [-0.2, 0) is 21.1 Å². The molecule has 1 aromatic carbocycles. The normalized spacial score (nSPS) is 15.3. The van der Waals surface area contributed by atoms with E-state index in [9.17, 15) is 13.2 Å². The molecule has 1 amide bonds. The van der Waals surface area contributed by atoms with Gasteiger partial charge in [-0.1, -0.05) is 51.1 Å². The van der Waals surface area contributed by atoms with Gasteiger partial charge in [-0.15, -0.1) is 0 Å². The number of sulfone groups is 1. The fourth-order valence-electron chi connectivity index (χ4n) is 1.79. The number of hydrogen-bond donors (Lipinski definition) is 1. The zero-order valence-electron chi connectivity index (χ0n) is 13.4. The standard InChI is InChI=1S/C16H25NO3S/c1-12(16(2,3)4)17-15(18)14(21(5,19)20)11-13-9-7-6-8-10-13/h6-10,12,14H,11H2,1-5H3,(H,17,18). The van der Waals surface area contributed by atoms with Crippen LogP contribution in [0.15, 0.2) is 30.3 Å². The van der Waals surface area contributed by atoms with E-state index in [0.717, 1.165) is 11.8 Å². The number of rotatable bonds is 5. The highest BCUT2D eigenvalue weighted by Gasteiger charge is 2.32. The van der Waals surface area contributed by atoms with Gasteiger partial charge >= 0.3 is 0 Å². The lowest BCUT2D eigenvalue weighted by Gasteiger charge is -2.29. The minimum absolute atomic E-state index is 0.106. The molecule has 0 aliphatic carbocycles. The molecule has 0 aliphatic heterocycles. The summed E-state index contributed by atoms with van der Waals surface area (Å²) in [5.41, 5.74) is 0.719. The van der Waals surface area contributed by atoms with E-state index in [-0.39, 0.29) is 17.9 Å². The zero-order valence-corrected chi connectivity index (χ0v) is 14.2. The van der Waals surface area contributed by atoms with Crippen LogP contribution < -0.4 is 5.32 Å². The van der Waals surface area contributed by atoms with Gasteiger partial charge in [0.25, 0.3) is 0 Å². The van der Waals surface area contributed by atoms with Crippen molar-refractivity contribution in [2.45, 2.75) is 45.4 Å². The smallest absolute Gasteiger partial charge is 0.238 e. The van der Waals surface area contributed by atoms with E-state index >= 15 is 0 Å². The van der Waals surface area contributed by atoms with Crippen LogP contribution in [0.4, 0.5) is 0 Å². The molecule has 118 valence electrons. The minimum Gasteiger partial charge on any atom is -0.352 e. The van der Waals surface area contributed by atoms with Crippen LogP contribution in [-0.4, -0.2) is 31.9 Å². The summed E-state index contributed by atoms with van der Waals surface area (Å²) in [7, 11) is -3.47. The number of hydrogen-bond acceptors (Lipinski definition) is 3. The molecule has 0 aliphatic rings. The largest absolute Gasteiger partial charge is 0.352 e. The number of carbonyl (C=O) groups excluding carboxylic acids is 1. The van der Waals surface area contributed by atoms with Gasteiger partial charge in [0.1, 0.15) is 5.25 Å². The monoisotopic (exact) mass is 311 g/mol. The highest BCUT2D eigenvalue weighted by atomic mass is 32.2. The molecule has 1 rings (SSSR count). The van der Waals surface area contributed by atoms with E-state index in [0.29, 0.717) is 0 Å². The molecule has 21 heavy (non-hydrogen) atoms. The molecule has 2 unspecified atom stereocenters. The Kier molecular flexibility index (Phi) is 5.56. The third kappa shape index (κ3) is 5.50. The number of carbonyl (C=O) groups is 1. The Morgan fingerprint density at radius 1 is 1.19 bits per heavy atom. The second kappa shape index (κ2) is 6.60. The highest BCUT2D eigenvalue weighted by Crippen LogP contribution is 2.19. The summed E-state index contributed by atoms with van der Waals surface area (Å²) < 4.78 is 23.9. The lowest BCUT2D eigenvalue weighted by atomic mass is 9.88. The number of amides is 1.